The van der Waals surface area contributed by atoms with Gasteiger partial charge in [0.15, 0.2) is 5.17 Å². The lowest BCUT2D eigenvalue weighted by Crippen LogP contribution is -2.45. The van der Waals surface area contributed by atoms with Gasteiger partial charge in [0.25, 0.3) is 0 Å². The van der Waals surface area contributed by atoms with Gasteiger partial charge in [0.2, 0.25) is 5.91 Å². The molecule has 4 heteroatoms. The molecule has 1 saturated heterocycles. The molecule has 0 radical (unpaired) electrons. The Kier molecular flexibility index (Phi) is 3.80. The highest BCUT2D eigenvalue weighted by Crippen LogP contribution is 2.43. The molecule has 1 aliphatic rings. The van der Waals surface area contributed by atoms with E-state index in [1.54, 1.807) is 4.90 Å². The summed E-state index contributed by atoms with van der Waals surface area (Å²) in [6, 6.07) is 9.67. The van der Waals surface area contributed by atoms with Crippen molar-refractivity contribution in [3.8, 4) is 0 Å². The van der Waals surface area contributed by atoms with Crippen LogP contribution in [0.2, 0.25) is 0 Å². The van der Waals surface area contributed by atoms with Crippen LogP contribution in [0.1, 0.15) is 27.2 Å². The van der Waals surface area contributed by atoms with Gasteiger partial charge in [0.05, 0.1) is 11.2 Å². The van der Waals surface area contributed by atoms with Crippen LogP contribution in [0.3, 0.4) is 0 Å². The fourth-order valence-corrected chi connectivity index (χ4v) is 3.04. The first-order valence-electron chi connectivity index (χ1n) is 6.31. The molecule has 1 aromatic carbocycles. The SMILES string of the molecule is C=C1SC(=Nc2ccccc2)N(C(=O)CC)C1(C)C. The van der Waals surface area contributed by atoms with Crippen LogP contribution in [0.5, 0.6) is 0 Å². The number of para-hydroxylation sites is 1. The molecule has 0 N–H and O–H groups in total. The number of hydrogen-bond acceptors (Lipinski definition) is 3. The standard InChI is InChI=1S/C15H18N2OS/c1-5-13(18)17-14(19-11(2)15(17,3)4)16-12-9-7-6-8-10-12/h6-10H,2,5H2,1,3-4H3. The second-order valence-corrected chi connectivity index (χ2v) is 5.96. The van der Waals surface area contributed by atoms with Gasteiger partial charge in [0, 0.05) is 11.3 Å². The van der Waals surface area contributed by atoms with Gasteiger partial charge < -0.3 is 0 Å². The summed E-state index contributed by atoms with van der Waals surface area (Å²) in [5.74, 6) is 0.0748. The van der Waals surface area contributed by atoms with E-state index in [2.05, 4.69) is 11.6 Å². The highest BCUT2D eigenvalue weighted by Gasteiger charge is 2.43. The van der Waals surface area contributed by atoms with Crippen LogP contribution in [0.4, 0.5) is 5.69 Å². The molecule has 0 spiro atoms. The predicted molar refractivity (Wildman–Crippen MR) is 81.5 cm³/mol. The fraction of sp³-hybridized carbons (Fsp3) is 0.333. The maximum Gasteiger partial charge on any atom is 0.229 e. The second kappa shape index (κ2) is 5.21. The topological polar surface area (TPSA) is 32.7 Å². The van der Waals surface area contributed by atoms with Crippen LogP contribution < -0.4 is 0 Å². The number of amidine groups is 1. The number of hydrogen-bond donors (Lipinski definition) is 0. The molecule has 100 valence electrons. The Bertz CT molecular complexity index is 534. The van der Waals surface area contributed by atoms with E-state index in [1.807, 2.05) is 51.1 Å². The molecule has 0 unspecified atom stereocenters. The van der Waals surface area contributed by atoms with Crippen molar-refractivity contribution in [3.63, 3.8) is 0 Å². The van der Waals surface area contributed by atoms with Gasteiger partial charge in [-0.05, 0) is 26.0 Å². The molecule has 1 amide bonds. The summed E-state index contributed by atoms with van der Waals surface area (Å²) < 4.78 is 0. The van der Waals surface area contributed by atoms with E-state index < -0.39 is 0 Å². The maximum absolute atomic E-state index is 12.2. The first-order valence-corrected chi connectivity index (χ1v) is 7.12. The average Bonchev–Trinajstić information content (AvgIpc) is 2.60. The van der Waals surface area contributed by atoms with Crippen molar-refractivity contribution >= 4 is 28.5 Å². The molecule has 0 aliphatic carbocycles. The molecule has 0 saturated carbocycles. The zero-order chi connectivity index (χ0) is 14.0. The van der Waals surface area contributed by atoms with Crippen molar-refractivity contribution in [1.29, 1.82) is 0 Å². The number of carbonyl (C=O) groups is 1. The first kappa shape index (κ1) is 13.9. The normalized spacial score (nSPS) is 20.1. The molecular weight excluding hydrogens is 256 g/mol. The second-order valence-electron chi connectivity index (χ2n) is 4.90. The van der Waals surface area contributed by atoms with Crippen LogP contribution in [0, 0.1) is 0 Å². The van der Waals surface area contributed by atoms with Gasteiger partial charge in [-0.3, -0.25) is 9.69 Å². The lowest BCUT2D eigenvalue weighted by Gasteiger charge is -2.30. The van der Waals surface area contributed by atoms with Crippen LogP contribution in [0.25, 0.3) is 0 Å². The summed E-state index contributed by atoms with van der Waals surface area (Å²) in [5, 5.41) is 0.716. The molecule has 1 aliphatic heterocycles. The third-order valence-corrected chi connectivity index (χ3v) is 4.38. The minimum absolute atomic E-state index is 0.0748. The van der Waals surface area contributed by atoms with E-state index in [4.69, 9.17) is 0 Å². The largest absolute Gasteiger partial charge is 0.281 e. The maximum atomic E-state index is 12.2. The minimum Gasteiger partial charge on any atom is -0.281 e. The minimum atomic E-state index is -0.384. The number of benzene rings is 1. The zero-order valence-corrected chi connectivity index (χ0v) is 12.3. The lowest BCUT2D eigenvalue weighted by molar-refractivity contribution is -0.129. The summed E-state index contributed by atoms with van der Waals surface area (Å²) in [7, 11) is 0. The molecule has 19 heavy (non-hydrogen) atoms. The summed E-state index contributed by atoms with van der Waals surface area (Å²) >= 11 is 1.48. The van der Waals surface area contributed by atoms with Crippen molar-refractivity contribution in [2.75, 3.05) is 0 Å². The Morgan fingerprint density at radius 2 is 2.00 bits per heavy atom. The van der Waals surface area contributed by atoms with Gasteiger partial charge in [-0.15, -0.1) is 0 Å². The van der Waals surface area contributed by atoms with Crippen molar-refractivity contribution in [1.82, 2.24) is 4.90 Å². The Morgan fingerprint density at radius 1 is 1.37 bits per heavy atom. The van der Waals surface area contributed by atoms with Gasteiger partial charge in [-0.25, -0.2) is 4.99 Å². The van der Waals surface area contributed by atoms with Gasteiger partial charge in [-0.1, -0.05) is 43.5 Å². The number of aliphatic imine (C=N–C) groups is 1. The zero-order valence-electron chi connectivity index (χ0n) is 11.5. The van der Waals surface area contributed by atoms with Crippen molar-refractivity contribution < 1.29 is 4.79 Å². The monoisotopic (exact) mass is 274 g/mol. The smallest absolute Gasteiger partial charge is 0.229 e. The average molecular weight is 274 g/mol. The molecule has 1 heterocycles. The van der Waals surface area contributed by atoms with Crippen molar-refractivity contribution in [2.45, 2.75) is 32.7 Å². The van der Waals surface area contributed by atoms with Crippen LogP contribution in [-0.4, -0.2) is 21.5 Å². The molecular formula is C15H18N2OS. The van der Waals surface area contributed by atoms with E-state index in [0.717, 1.165) is 10.6 Å². The van der Waals surface area contributed by atoms with Gasteiger partial charge in [-0.2, -0.15) is 0 Å². The van der Waals surface area contributed by atoms with Crippen LogP contribution in [-0.2, 0) is 4.79 Å². The highest BCUT2D eigenvalue weighted by molar-refractivity contribution is 8.17. The van der Waals surface area contributed by atoms with Crippen molar-refractivity contribution in [2.24, 2.45) is 4.99 Å². The van der Waals surface area contributed by atoms with E-state index in [-0.39, 0.29) is 11.4 Å². The van der Waals surface area contributed by atoms with E-state index in [0.29, 0.717) is 11.6 Å². The van der Waals surface area contributed by atoms with Crippen LogP contribution >= 0.6 is 11.8 Å². The molecule has 1 fully saturated rings. The predicted octanol–water partition coefficient (Wildman–Crippen LogP) is 3.95. The molecule has 0 atom stereocenters. The van der Waals surface area contributed by atoms with Gasteiger partial charge >= 0.3 is 0 Å². The first-order chi connectivity index (χ1) is 8.96. The Morgan fingerprint density at radius 3 is 2.58 bits per heavy atom. The van der Waals surface area contributed by atoms with Crippen LogP contribution in [0.15, 0.2) is 46.8 Å². The van der Waals surface area contributed by atoms with E-state index >= 15 is 0 Å². The third-order valence-electron chi connectivity index (χ3n) is 3.18. The highest BCUT2D eigenvalue weighted by atomic mass is 32.2. The summed E-state index contributed by atoms with van der Waals surface area (Å²) in [6.07, 6.45) is 0.463. The Hall–Kier alpha value is -1.55. The Labute approximate surface area is 118 Å². The third kappa shape index (κ3) is 2.59. The summed E-state index contributed by atoms with van der Waals surface area (Å²) in [6.45, 7) is 9.93. The van der Waals surface area contributed by atoms with Crippen molar-refractivity contribution in [3.05, 3.63) is 41.8 Å². The fourth-order valence-electron chi connectivity index (χ4n) is 1.91. The molecule has 0 bridgehead atoms. The summed E-state index contributed by atoms with van der Waals surface area (Å²) in [5.41, 5.74) is 0.468. The molecule has 0 aromatic heterocycles. The number of rotatable bonds is 2. The van der Waals surface area contributed by atoms with Gasteiger partial charge in [0.1, 0.15) is 0 Å². The number of carbonyl (C=O) groups excluding carboxylic acids is 1. The van der Waals surface area contributed by atoms with E-state index in [1.165, 1.54) is 11.8 Å². The Balaban J connectivity index is 2.42. The number of thioether (sulfide) groups is 1. The van der Waals surface area contributed by atoms with E-state index in [9.17, 15) is 4.79 Å². The lowest BCUT2D eigenvalue weighted by atomic mass is 10.0. The summed E-state index contributed by atoms with van der Waals surface area (Å²) in [4.78, 5) is 19.5. The molecule has 2 rings (SSSR count). The molecule has 1 aromatic rings. The number of amides is 1. The quantitative estimate of drug-likeness (QED) is 0.818. The molecule has 3 nitrogen and oxygen atoms in total. The number of nitrogens with zero attached hydrogens (tertiary/aromatic N) is 2.